The Bertz CT molecular complexity index is 554. The number of carbonyl (C=O) groups excluding carboxylic acids is 3. The molecule has 0 bridgehead atoms. The van der Waals surface area contributed by atoms with Crippen molar-refractivity contribution in [1.82, 2.24) is 0 Å². The lowest BCUT2D eigenvalue weighted by Gasteiger charge is -2.25. The highest BCUT2D eigenvalue weighted by atomic mass is 16.2. The molecule has 1 N–H and O–H groups in total. The van der Waals surface area contributed by atoms with Gasteiger partial charge in [-0.05, 0) is 30.7 Å². The molecule has 1 heterocycles. The van der Waals surface area contributed by atoms with Gasteiger partial charge in [0.15, 0.2) is 0 Å². The Morgan fingerprint density at radius 2 is 1.57 bits per heavy atom. The first kappa shape index (κ1) is 15.2. The number of benzene rings is 1. The maximum atomic E-state index is 11.9. The lowest BCUT2D eigenvalue weighted by Crippen LogP contribution is -2.40. The van der Waals surface area contributed by atoms with E-state index in [0.717, 1.165) is 0 Å². The fourth-order valence-corrected chi connectivity index (χ4v) is 2.05. The minimum absolute atomic E-state index is 0.0830. The number of rotatable bonds is 2. The zero-order valence-corrected chi connectivity index (χ0v) is 12.6. The molecule has 0 radical (unpaired) electrons. The van der Waals surface area contributed by atoms with Crippen molar-refractivity contribution in [2.45, 2.75) is 40.0 Å². The van der Waals surface area contributed by atoms with E-state index < -0.39 is 5.41 Å². The van der Waals surface area contributed by atoms with Crippen LogP contribution in [0.15, 0.2) is 24.3 Å². The number of amides is 3. The third-order valence-corrected chi connectivity index (χ3v) is 3.34. The second-order valence-corrected chi connectivity index (χ2v) is 6.23. The predicted octanol–water partition coefficient (Wildman–Crippen LogP) is 2.71. The molecule has 0 unspecified atom stereocenters. The molecule has 0 aliphatic carbocycles. The molecule has 0 aromatic heterocycles. The highest BCUT2D eigenvalue weighted by Gasteiger charge is 2.27. The molecule has 1 aliphatic rings. The summed E-state index contributed by atoms with van der Waals surface area (Å²) in [7, 11) is 0. The molecule has 3 amide bonds. The molecule has 1 saturated heterocycles. The van der Waals surface area contributed by atoms with Crippen molar-refractivity contribution < 1.29 is 14.4 Å². The molecule has 5 nitrogen and oxygen atoms in total. The molecule has 0 atom stereocenters. The van der Waals surface area contributed by atoms with E-state index in [1.165, 1.54) is 4.90 Å². The second kappa shape index (κ2) is 5.68. The number of carbonyl (C=O) groups is 3. The lowest BCUT2D eigenvalue weighted by atomic mass is 9.95. The minimum atomic E-state index is -0.475. The topological polar surface area (TPSA) is 66.5 Å². The molecule has 1 fully saturated rings. The van der Waals surface area contributed by atoms with Crippen molar-refractivity contribution in [2.75, 3.05) is 10.2 Å². The Morgan fingerprint density at radius 3 is 2.05 bits per heavy atom. The van der Waals surface area contributed by atoms with Gasteiger partial charge < -0.3 is 5.32 Å². The number of piperidine rings is 1. The molecule has 21 heavy (non-hydrogen) atoms. The highest BCUT2D eigenvalue weighted by Crippen LogP contribution is 2.24. The summed E-state index contributed by atoms with van der Waals surface area (Å²) >= 11 is 0. The predicted molar refractivity (Wildman–Crippen MR) is 80.9 cm³/mol. The van der Waals surface area contributed by atoms with Crippen LogP contribution in [-0.2, 0) is 14.4 Å². The zero-order valence-electron chi connectivity index (χ0n) is 12.6. The maximum absolute atomic E-state index is 11.9. The number of hydrogen-bond acceptors (Lipinski definition) is 3. The number of nitrogens with one attached hydrogen (secondary N) is 1. The number of imide groups is 1. The largest absolute Gasteiger partial charge is 0.326 e. The molecular weight excluding hydrogens is 268 g/mol. The Hall–Kier alpha value is -2.17. The van der Waals surface area contributed by atoms with Crippen molar-refractivity contribution >= 4 is 29.1 Å². The number of anilines is 2. The van der Waals surface area contributed by atoms with Gasteiger partial charge in [-0.25, -0.2) is 0 Å². The molecule has 0 spiro atoms. The Kier molecular flexibility index (Phi) is 4.11. The van der Waals surface area contributed by atoms with E-state index >= 15 is 0 Å². The first-order chi connectivity index (χ1) is 9.79. The van der Waals surface area contributed by atoms with Gasteiger partial charge in [-0.2, -0.15) is 0 Å². The van der Waals surface area contributed by atoms with Gasteiger partial charge in [0.2, 0.25) is 17.7 Å². The summed E-state index contributed by atoms with van der Waals surface area (Å²) in [6, 6.07) is 6.76. The van der Waals surface area contributed by atoms with Crippen LogP contribution in [0.1, 0.15) is 40.0 Å². The van der Waals surface area contributed by atoms with E-state index in [4.69, 9.17) is 0 Å². The number of nitrogens with zero attached hydrogens (tertiary/aromatic N) is 1. The van der Waals surface area contributed by atoms with Crippen LogP contribution in [0.4, 0.5) is 11.4 Å². The second-order valence-electron chi connectivity index (χ2n) is 6.23. The zero-order chi connectivity index (χ0) is 15.6. The highest BCUT2D eigenvalue weighted by molar-refractivity contribution is 6.16. The fourth-order valence-electron chi connectivity index (χ4n) is 2.05. The Balaban J connectivity index is 2.14. The van der Waals surface area contributed by atoms with Gasteiger partial charge in [0.1, 0.15) is 0 Å². The van der Waals surface area contributed by atoms with E-state index in [2.05, 4.69) is 5.32 Å². The first-order valence-electron chi connectivity index (χ1n) is 7.06. The van der Waals surface area contributed by atoms with Crippen molar-refractivity contribution in [3.8, 4) is 0 Å². The van der Waals surface area contributed by atoms with Crippen LogP contribution in [0.3, 0.4) is 0 Å². The smallest absolute Gasteiger partial charge is 0.233 e. The van der Waals surface area contributed by atoms with Crippen LogP contribution >= 0.6 is 0 Å². The van der Waals surface area contributed by atoms with Gasteiger partial charge in [-0.15, -0.1) is 0 Å². The van der Waals surface area contributed by atoms with Crippen LogP contribution in [0, 0.1) is 5.41 Å². The van der Waals surface area contributed by atoms with Crippen LogP contribution in [0.25, 0.3) is 0 Å². The number of hydrogen-bond donors (Lipinski definition) is 1. The Morgan fingerprint density at radius 1 is 1.05 bits per heavy atom. The molecule has 1 aliphatic heterocycles. The molecule has 112 valence electrons. The van der Waals surface area contributed by atoms with E-state index in [9.17, 15) is 14.4 Å². The van der Waals surface area contributed by atoms with Crippen LogP contribution in [-0.4, -0.2) is 17.7 Å². The van der Waals surface area contributed by atoms with E-state index in [-0.39, 0.29) is 17.7 Å². The van der Waals surface area contributed by atoms with Gasteiger partial charge in [-0.1, -0.05) is 20.8 Å². The van der Waals surface area contributed by atoms with Crippen molar-refractivity contribution in [1.29, 1.82) is 0 Å². The van der Waals surface area contributed by atoms with Crippen LogP contribution in [0.2, 0.25) is 0 Å². The summed E-state index contributed by atoms with van der Waals surface area (Å²) in [5.41, 5.74) is 0.728. The summed E-state index contributed by atoms with van der Waals surface area (Å²) in [6.07, 6.45) is 1.41. The minimum Gasteiger partial charge on any atom is -0.326 e. The fraction of sp³-hybridized carbons (Fsp3) is 0.438. The van der Waals surface area contributed by atoms with E-state index in [1.54, 1.807) is 24.3 Å². The van der Waals surface area contributed by atoms with Crippen molar-refractivity contribution in [3.63, 3.8) is 0 Å². The summed E-state index contributed by atoms with van der Waals surface area (Å²) < 4.78 is 0. The average Bonchev–Trinajstić information content (AvgIpc) is 2.39. The maximum Gasteiger partial charge on any atom is 0.233 e. The Labute approximate surface area is 124 Å². The van der Waals surface area contributed by atoms with Crippen molar-refractivity contribution in [2.24, 2.45) is 5.41 Å². The quantitative estimate of drug-likeness (QED) is 0.851. The molecule has 1 aromatic rings. The first-order valence-corrected chi connectivity index (χ1v) is 7.06. The van der Waals surface area contributed by atoms with Crippen LogP contribution < -0.4 is 10.2 Å². The average molecular weight is 288 g/mol. The third-order valence-electron chi connectivity index (χ3n) is 3.34. The normalized spacial score (nSPS) is 16.0. The van der Waals surface area contributed by atoms with Gasteiger partial charge in [0.05, 0.1) is 5.69 Å². The summed E-state index contributed by atoms with van der Waals surface area (Å²) in [6.45, 7) is 5.51. The third kappa shape index (κ3) is 3.48. The SMILES string of the molecule is CC(C)(C)C(=O)Nc1ccc(N2C(=O)CCCC2=O)cc1. The molecular formula is C16H20N2O3. The van der Waals surface area contributed by atoms with Crippen molar-refractivity contribution in [3.05, 3.63) is 24.3 Å². The lowest BCUT2D eigenvalue weighted by molar-refractivity contribution is -0.129. The van der Waals surface area contributed by atoms with E-state index in [0.29, 0.717) is 30.6 Å². The molecule has 0 saturated carbocycles. The van der Waals surface area contributed by atoms with Gasteiger partial charge >= 0.3 is 0 Å². The molecule has 1 aromatic carbocycles. The van der Waals surface area contributed by atoms with Crippen LogP contribution in [0.5, 0.6) is 0 Å². The summed E-state index contributed by atoms with van der Waals surface area (Å²) in [5.74, 6) is -0.421. The van der Waals surface area contributed by atoms with Gasteiger partial charge in [-0.3, -0.25) is 19.3 Å². The van der Waals surface area contributed by atoms with E-state index in [1.807, 2.05) is 20.8 Å². The standard InChI is InChI=1S/C16H20N2O3/c1-16(2,3)15(21)17-11-7-9-12(10-8-11)18-13(19)5-4-6-14(18)20/h7-10H,4-6H2,1-3H3,(H,17,21). The summed E-state index contributed by atoms with van der Waals surface area (Å²) in [4.78, 5) is 36.8. The molecule has 5 heteroatoms. The van der Waals surface area contributed by atoms with Gasteiger partial charge in [0.25, 0.3) is 0 Å². The van der Waals surface area contributed by atoms with Gasteiger partial charge in [0, 0.05) is 23.9 Å². The summed E-state index contributed by atoms with van der Waals surface area (Å²) in [5, 5.41) is 2.81. The monoisotopic (exact) mass is 288 g/mol. The molecule has 2 rings (SSSR count).